The van der Waals surface area contributed by atoms with E-state index in [-0.39, 0.29) is 11.8 Å². The third-order valence-electron chi connectivity index (χ3n) is 4.07. The van der Waals surface area contributed by atoms with Gasteiger partial charge in [0.25, 0.3) is 0 Å². The summed E-state index contributed by atoms with van der Waals surface area (Å²) in [5.41, 5.74) is 0.782. The van der Waals surface area contributed by atoms with E-state index in [2.05, 4.69) is 30.1 Å². The number of hydrogen-bond acceptors (Lipinski definition) is 3. The van der Waals surface area contributed by atoms with Crippen molar-refractivity contribution in [3.8, 4) is 11.5 Å². The molecule has 4 nitrogen and oxygen atoms in total. The summed E-state index contributed by atoms with van der Waals surface area (Å²) in [6.45, 7) is 5.16. The molecule has 2 heterocycles. The Bertz CT molecular complexity index is 549. The van der Waals surface area contributed by atoms with Gasteiger partial charge in [-0.25, -0.2) is 0 Å². The van der Waals surface area contributed by atoms with E-state index in [4.69, 9.17) is 21.7 Å². The molecule has 2 aliphatic heterocycles. The van der Waals surface area contributed by atoms with Crippen LogP contribution >= 0.6 is 12.2 Å². The Morgan fingerprint density at radius 2 is 2.35 bits per heavy atom. The average molecular weight is 292 g/mol. The van der Waals surface area contributed by atoms with Crippen LogP contribution in [0.15, 0.2) is 18.2 Å². The lowest BCUT2D eigenvalue weighted by molar-refractivity contribution is -0.0681. The molecule has 0 radical (unpaired) electrons. The van der Waals surface area contributed by atoms with E-state index in [1.54, 1.807) is 7.11 Å². The smallest absolute Gasteiger partial charge is 0.184 e. The normalized spacial score (nSPS) is 27.4. The number of ether oxygens (including phenoxy) is 2. The Balaban J connectivity index is 2.01. The highest BCUT2D eigenvalue weighted by atomic mass is 32.1. The molecule has 5 heteroatoms. The second-order valence-electron chi connectivity index (χ2n) is 5.54. The lowest BCUT2D eigenvalue weighted by Gasteiger charge is -2.52. The zero-order valence-electron chi connectivity index (χ0n) is 12.1. The van der Waals surface area contributed by atoms with Crippen molar-refractivity contribution in [1.29, 1.82) is 0 Å². The molecule has 20 heavy (non-hydrogen) atoms. The molecule has 1 saturated heterocycles. The van der Waals surface area contributed by atoms with E-state index >= 15 is 0 Å². The standard InChI is InChI=1S/C15H20N2O2S/c1-4-7-17-14(20)16-12-9-15(17,2)19-13-8-10(18-3)5-6-11(12)13/h5-6,8,12H,4,7,9H2,1-3H3,(H,16,20). The number of rotatable bonds is 3. The fourth-order valence-corrected chi connectivity index (χ4v) is 3.51. The Morgan fingerprint density at radius 3 is 3.05 bits per heavy atom. The van der Waals surface area contributed by atoms with Crippen LogP contribution in [0.3, 0.4) is 0 Å². The van der Waals surface area contributed by atoms with Crippen LogP contribution in [0.1, 0.15) is 38.3 Å². The van der Waals surface area contributed by atoms with E-state index in [1.165, 1.54) is 0 Å². The maximum Gasteiger partial charge on any atom is 0.184 e. The van der Waals surface area contributed by atoms with Crippen LogP contribution < -0.4 is 14.8 Å². The van der Waals surface area contributed by atoms with Crippen LogP contribution in [0, 0.1) is 0 Å². The predicted octanol–water partition coefficient (Wildman–Crippen LogP) is 2.84. The summed E-state index contributed by atoms with van der Waals surface area (Å²) in [6, 6.07) is 6.20. The van der Waals surface area contributed by atoms with Crippen molar-refractivity contribution in [1.82, 2.24) is 10.2 Å². The monoisotopic (exact) mass is 292 g/mol. The summed E-state index contributed by atoms with van der Waals surface area (Å²) in [5.74, 6) is 1.70. The maximum absolute atomic E-state index is 6.29. The first-order valence-electron chi connectivity index (χ1n) is 7.02. The molecule has 0 aliphatic carbocycles. The van der Waals surface area contributed by atoms with Crippen LogP contribution in [-0.4, -0.2) is 29.4 Å². The molecule has 0 spiro atoms. The van der Waals surface area contributed by atoms with Gasteiger partial charge < -0.3 is 19.7 Å². The van der Waals surface area contributed by atoms with Gasteiger partial charge >= 0.3 is 0 Å². The van der Waals surface area contributed by atoms with Gasteiger partial charge in [0.1, 0.15) is 11.5 Å². The van der Waals surface area contributed by atoms with Crippen molar-refractivity contribution in [2.75, 3.05) is 13.7 Å². The van der Waals surface area contributed by atoms with E-state index in [1.807, 2.05) is 12.1 Å². The summed E-state index contributed by atoms with van der Waals surface area (Å²) in [7, 11) is 1.67. The molecule has 2 atom stereocenters. The van der Waals surface area contributed by atoms with Gasteiger partial charge in [0.05, 0.1) is 13.2 Å². The first-order chi connectivity index (χ1) is 9.57. The average Bonchev–Trinajstić information content (AvgIpc) is 2.42. The van der Waals surface area contributed by atoms with Crippen molar-refractivity contribution >= 4 is 17.3 Å². The summed E-state index contributed by atoms with van der Waals surface area (Å²) in [6.07, 6.45) is 1.93. The molecular formula is C15H20N2O2S. The van der Waals surface area contributed by atoms with E-state index in [9.17, 15) is 0 Å². The molecule has 108 valence electrons. The largest absolute Gasteiger partial charge is 0.497 e. The van der Waals surface area contributed by atoms with Crippen molar-refractivity contribution in [3.05, 3.63) is 23.8 Å². The molecule has 1 aromatic rings. The highest BCUT2D eigenvalue weighted by Crippen LogP contribution is 2.45. The number of hydrogen-bond donors (Lipinski definition) is 1. The second-order valence-corrected chi connectivity index (χ2v) is 5.93. The van der Waals surface area contributed by atoms with E-state index in [0.29, 0.717) is 0 Å². The third-order valence-corrected chi connectivity index (χ3v) is 4.41. The van der Waals surface area contributed by atoms with Gasteiger partial charge in [0.2, 0.25) is 0 Å². The van der Waals surface area contributed by atoms with E-state index in [0.717, 1.165) is 41.6 Å². The quantitative estimate of drug-likeness (QED) is 0.866. The third kappa shape index (κ3) is 2.00. The van der Waals surface area contributed by atoms with Crippen molar-refractivity contribution < 1.29 is 9.47 Å². The summed E-state index contributed by atoms with van der Waals surface area (Å²) in [5, 5.41) is 4.22. The van der Waals surface area contributed by atoms with Crippen LogP contribution in [0.4, 0.5) is 0 Å². The molecule has 0 saturated carbocycles. The first kappa shape index (κ1) is 13.5. The highest BCUT2D eigenvalue weighted by molar-refractivity contribution is 7.80. The zero-order chi connectivity index (χ0) is 14.3. The van der Waals surface area contributed by atoms with Crippen LogP contribution in [-0.2, 0) is 0 Å². The van der Waals surface area contributed by atoms with Gasteiger partial charge in [-0.15, -0.1) is 0 Å². The lowest BCUT2D eigenvalue weighted by Crippen LogP contribution is -2.64. The number of methoxy groups -OCH3 is 1. The van der Waals surface area contributed by atoms with Gasteiger partial charge in [0.15, 0.2) is 10.8 Å². The molecule has 2 unspecified atom stereocenters. The molecule has 1 aromatic carbocycles. The highest BCUT2D eigenvalue weighted by Gasteiger charge is 2.47. The molecule has 2 bridgehead atoms. The number of nitrogens with one attached hydrogen (secondary N) is 1. The lowest BCUT2D eigenvalue weighted by atomic mass is 9.90. The molecule has 0 amide bonds. The van der Waals surface area contributed by atoms with Crippen LogP contribution in [0.25, 0.3) is 0 Å². The molecule has 3 rings (SSSR count). The summed E-state index contributed by atoms with van der Waals surface area (Å²) < 4.78 is 11.6. The van der Waals surface area contributed by atoms with Gasteiger partial charge in [-0.3, -0.25) is 0 Å². The van der Waals surface area contributed by atoms with Crippen molar-refractivity contribution in [3.63, 3.8) is 0 Å². The SMILES string of the molecule is CCCN1C(=S)NC2CC1(C)Oc1cc(OC)ccc12. The minimum Gasteiger partial charge on any atom is -0.497 e. The van der Waals surface area contributed by atoms with Gasteiger partial charge in [-0.1, -0.05) is 6.92 Å². The molecular weight excluding hydrogens is 272 g/mol. The minimum atomic E-state index is -0.373. The van der Waals surface area contributed by atoms with Crippen LogP contribution in [0.5, 0.6) is 11.5 Å². The van der Waals surface area contributed by atoms with E-state index < -0.39 is 0 Å². The number of benzene rings is 1. The second kappa shape index (κ2) is 4.81. The Hall–Kier alpha value is -1.49. The molecule has 1 fully saturated rings. The topological polar surface area (TPSA) is 33.7 Å². The van der Waals surface area contributed by atoms with Crippen LogP contribution in [0.2, 0.25) is 0 Å². The van der Waals surface area contributed by atoms with Gasteiger partial charge in [0, 0.05) is 24.6 Å². The fraction of sp³-hybridized carbons (Fsp3) is 0.533. The number of nitrogens with zero attached hydrogens (tertiary/aromatic N) is 1. The Morgan fingerprint density at radius 1 is 1.55 bits per heavy atom. The summed E-state index contributed by atoms with van der Waals surface area (Å²) >= 11 is 5.51. The summed E-state index contributed by atoms with van der Waals surface area (Å²) in [4.78, 5) is 2.15. The Kier molecular flexibility index (Phi) is 3.24. The fourth-order valence-electron chi connectivity index (χ4n) is 3.08. The number of fused-ring (bicyclic) bond motifs is 4. The first-order valence-corrected chi connectivity index (χ1v) is 7.43. The molecule has 2 aliphatic rings. The van der Waals surface area contributed by atoms with Crippen molar-refractivity contribution in [2.24, 2.45) is 0 Å². The van der Waals surface area contributed by atoms with Gasteiger partial charge in [-0.2, -0.15) is 0 Å². The molecule has 0 aromatic heterocycles. The zero-order valence-corrected chi connectivity index (χ0v) is 12.9. The van der Waals surface area contributed by atoms with Gasteiger partial charge in [-0.05, 0) is 37.7 Å². The number of thiocarbonyl (C=S) groups is 1. The maximum atomic E-state index is 6.29. The molecule has 1 N–H and O–H groups in total. The predicted molar refractivity (Wildman–Crippen MR) is 82.1 cm³/mol. The minimum absolute atomic E-state index is 0.218. The Labute approximate surface area is 125 Å². The van der Waals surface area contributed by atoms with Crippen molar-refractivity contribution in [2.45, 2.75) is 38.5 Å².